The lowest BCUT2D eigenvalue weighted by atomic mass is 9.79. The first kappa shape index (κ1) is 38.4. The monoisotopic (exact) mass is 780 g/mol. The molecule has 0 amide bonds. The predicted octanol–water partition coefficient (Wildman–Crippen LogP) is 14.1. The smallest absolute Gasteiger partial charge is 0.149 e. The average molecular weight is 781 g/mol. The van der Waals surface area contributed by atoms with Crippen LogP contribution in [0, 0.1) is 0 Å². The molecule has 0 radical (unpaired) electrons. The van der Waals surface area contributed by atoms with Gasteiger partial charge in [0.05, 0.1) is 22.5 Å². The van der Waals surface area contributed by atoms with E-state index >= 15 is 0 Å². The summed E-state index contributed by atoms with van der Waals surface area (Å²) in [6.07, 6.45) is 3.75. The molecule has 9 rings (SSSR count). The summed E-state index contributed by atoms with van der Waals surface area (Å²) in [7, 11) is 0. The number of fused-ring (bicyclic) bond motifs is 1. The molecule has 0 spiro atoms. The van der Waals surface area contributed by atoms with Gasteiger partial charge in [0.2, 0.25) is 0 Å². The molecule has 0 fully saturated rings. The number of pyridine rings is 2. The molecule has 3 aromatic heterocycles. The molecular formula is C55H48N4O. The van der Waals surface area contributed by atoms with Crippen LogP contribution in [0.2, 0.25) is 0 Å². The molecule has 0 atom stereocenters. The summed E-state index contributed by atoms with van der Waals surface area (Å²) in [6, 6.07) is 57.0. The maximum Gasteiger partial charge on any atom is 0.149 e. The summed E-state index contributed by atoms with van der Waals surface area (Å²) in [5, 5.41) is 12.2. The molecule has 9 aromatic rings. The Kier molecular flexibility index (Phi) is 9.76. The average Bonchev–Trinajstić information content (AvgIpc) is 3.66. The van der Waals surface area contributed by atoms with Crippen molar-refractivity contribution in [2.75, 3.05) is 0 Å². The molecule has 0 saturated heterocycles. The zero-order chi connectivity index (χ0) is 41.6. The van der Waals surface area contributed by atoms with Gasteiger partial charge in [-0.1, -0.05) is 151 Å². The quantitative estimate of drug-likeness (QED) is 0.175. The summed E-state index contributed by atoms with van der Waals surface area (Å²) >= 11 is 0. The van der Waals surface area contributed by atoms with Gasteiger partial charge in [-0.05, 0) is 104 Å². The Morgan fingerprint density at radius 1 is 0.467 bits per heavy atom. The van der Waals surface area contributed by atoms with Crippen LogP contribution in [0.15, 0.2) is 176 Å². The molecule has 60 heavy (non-hydrogen) atoms. The van der Waals surface area contributed by atoms with E-state index in [9.17, 15) is 5.11 Å². The molecule has 0 bridgehead atoms. The highest BCUT2D eigenvalue weighted by Crippen LogP contribution is 2.44. The molecule has 5 nitrogen and oxygen atoms in total. The van der Waals surface area contributed by atoms with Gasteiger partial charge in [0.15, 0.2) is 0 Å². The standard InChI is InChI=1S/C55H48N4O/c1-54(2,3)44-34-46(52(60)47(35-44)55(4,5)6)53-58-51-49(59(53)45-20-14-9-15-21-45)27-29-57-50(51)43-31-41(37-18-12-8-13-19-37)30-42(32-43)48-33-40(26-28-56-48)39-24-22-38(23-25-39)36-16-10-7-11-17-36/h7-35,60H,1-6H3. The second-order valence-corrected chi connectivity index (χ2v) is 17.6. The maximum absolute atomic E-state index is 12.2. The third kappa shape index (κ3) is 7.39. The number of hydrogen-bond acceptors (Lipinski definition) is 4. The van der Waals surface area contributed by atoms with Gasteiger partial charge in [-0.2, -0.15) is 0 Å². The number of hydrogen-bond donors (Lipinski definition) is 1. The lowest BCUT2D eigenvalue weighted by Crippen LogP contribution is -2.17. The van der Waals surface area contributed by atoms with Crippen LogP contribution in [0.5, 0.6) is 5.75 Å². The normalized spacial score (nSPS) is 11.9. The van der Waals surface area contributed by atoms with Crippen molar-refractivity contribution >= 4 is 11.0 Å². The Balaban J connectivity index is 1.24. The van der Waals surface area contributed by atoms with Crippen LogP contribution in [-0.2, 0) is 10.8 Å². The first-order chi connectivity index (χ1) is 28.9. The third-order valence-electron chi connectivity index (χ3n) is 11.3. The summed E-state index contributed by atoms with van der Waals surface area (Å²) in [5.74, 6) is 0.901. The Bertz CT molecular complexity index is 2970. The van der Waals surface area contributed by atoms with Gasteiger partial charge < -0.3 is 5.11 Å². The molecule has 0 unspecified atom stereocenters. The van der Waals surface area contributed by atoms with E-state index in [1.807, 2.05) is 48.8 Å². The first-order valence-electron chi connectivity index (χ1n) is 20.6. The maximum atomic E-state index is 12.2. The fourth-order valence-electron chi connectivity index (χ4n) is 8.01. The van der Waals surface area contributed by atoms with Crippen LogP contribution < -0.4 is 0 Å². The summed E-state index contributed by atoms with van der Waals surface area (Å²) < 4.78 is 2.16. The predicted molar refractivity (Wildman–Crippen MR) is 248 cm³/mol. The van der Waals surface area contributed by atoms with Gasteiger partial charge in [0.25, 0.3) is 0 Å². The molecular weight excluding hydrogens is 733 g/mol. The van der Waals surface area contributed by atoms with Crippen molar-refractivity contribution in [2.24, 2.45) is 0 Å². The minimum Gasteiger partial charge on any atom is -0.507 e. The highest BCUT2D eigenvalue weighted by Gasteiger charge is 2.29. The van der Waals surface area contributed by atoms with Crippen molar-refractivity contribution in [3.05, 3.63) is 187 Å². The Morgan fingerprint density at radius 2 is 1.02 bits per heavy atom. The zero-order valence-electron chi connectivity index (χ0n) is 35.0. The molecule has 1 N–H and O–H groups in total. The van der Waals surface area contributed by atoms with E-state index in [-0.39, 0.29) is 16.6 Å². The highest BCUT2D eigenvalue weighted by atomic mass is 16.3. The molecule has 5 heteroatoms. The van der Waals surface area contributed by atoms with Gasteiger partial charge in [-0.3, -0.25) is 14.5 Å². The second-order valence-electron chi connectivity index (χ2n) is 17.6. The molecule has 3 heterocycles. The van der Waals surface area contributed by atoms with Crippen LogP contribution in [0.3, 0.4) is 0 Å². The molecule has 0 aliphatic rings. The molecule has 0 saturated carbocycles. The van der Waals surface area contributed by atoms with E-state index in [4.69, 9.17) is 15.0 Å². The van der Waals surface area contributed by atoms with Crippen LogP contribution >= 0.6 is 0 Å². The van der Waals surface area contributed by atoms with E-state index in [0.717, 1.165) is 72.6 Å². The van der Waals surface area contributed by atoms with Gasteiger partial charge in [-0.15, -0.1) is 0 Å². The Morgan fingerprint density at radius 3 is 1.65 bits per heavy atom. The number of phenols is 1. The van der Waals surface area contributed by atoms with Gasteiger partial charge >= 0.3 is 0 Å². The van der Waals surface area contributed by atoms with Crippen molar-refractivity contribution in [1.82, 2.24) is 19.5 Å². The zero-order valence-corrected chi connectivity index (χ0v) is 35.0. The van der Waals surface area contributed by atoms with Gasteiger partial charge in [0.1, 0.15) is 17.1 Å². The van der Waals surface area contributed by atoms with Gasteiger partial charge in [-0.25, -0.2) is 4.98 Å². The van der Waals surface area contributed by atoms with E-state index in [0.29, 0.717) is 11.4 Å². The van der Waals surface area contributed by atoms with E-state index in [1.54, 1.807) is 0 Å². The van der Waals surface area contributed by atoms with Crippen LogP contribution in [0.1, 0.15) is 52.7 Å². The summed E-state index contributed by atoms with van der Waals surface area (Å²) in [6.45, 7) is 13.1. The highest BCUT2D eigenvalue weighted by molar-refractivity contribution is 5.96. The lowest BCUT2D eigenvalue weighted by Gasteiger charge is -2.27. The molecule has 294 valence electrons. The molecule has 6 aromatic carbocycles. The summed E-state index contributed by atoms with van der Waals surface area (Å²) in [5.41, 5.74) is 15.0. The number of para-hydroxylation sites is 1. The number of rotatable bonds is 7. The topological polar surface area (TPSA) is 63.8 Å². The van der Waals surface area contributed by atoms with Crippen molar-refractivity contribution < 1.29 is 5.11 Å². The third-order valence-corrected chi connectivity index (χ3v) is 11.3. The summed E-state index contributed by atoms with van der Waals surface area (Å²) in [4.78, 5) is 15.4. The fraction of sp³-hybridized carbons (Fsp3) is 0.145. The van der Waals surface area contributed by atoms with Crippen LogP contribution in [0.4, 0.5) is 0 Å². The molecule has 0 aliphatic heterocycles. The van der Waals surface area contributed by atoms with Crippen LogP contribution in [-0.4, -0.2) is 24.6 Å². The second kappa shape index (κ2) is 15.2. The fourth-order valence-corrected chi connectivity index (χ4v) is 8.01. The number of nitrogens with zero attached hydrogens (tertiary/aromatic N) is 4. The SMILES string of the molecule is CC(C)(C)c1cc(-c2nc3c(-c4cc(-c5ccccc5)cc(-c5cc(-c6ccc(-c7ccccc7)cc6)ccn5)c4)nccc3n2-c2ccccc2)c(O)c(C(C)(C)C)c1. The Labute approximate surface area is 352 Å². The van der Waals surface area contributed by atoms with E-state index < -0.39 is 0 Å². The van der Waals surface area contributed by atoms with Crippen molar-refractivity contribution in [3.63, 3.8) is 0 Å². The number of phenolic OH excluding ortho intramolecular Hbond substituents is 1. The van der Waals surface area contributed by atoms with Crippen LogP contribution in [0.25, 0.3) is 84.0 Å². The number of aromatic nitrogens is 4. The minimum absolute atomic E-state index is 0.163. The largest absolute Gasteiger partial charge is 0.507 e. The van der Waals surface area contributed by atoms with Gasteiger partial charge in [0, 0.05) is 34.8 Å². The van der Waals surface area contributed by atoms with E-state index in [1.165, 1.54) is 11.1 Å². The number of benzene rings is 6. The van der Waals surface area contributed by atoms with Crippen molar-refractivity contribution in [3.8, 4) is 78.7 Å². The van der Waals surface area contributed by atoms with Crippen molar-refractivity contribution in [1.29, 1.82) is 0 Å². The number of aromatic hydroxyl groups is 1. The van der Waals surface area contributed by atoms with E-state index in [2.05, 4.69) is 174 Å². The first-order valence-corrected chi connectivity index (χ1v) is 20.6. The number of imidazole rings is 1. The van der Waals surface area contributed by atoms with Crippen molar-refractivity contribution in [2.45, 2.75) is 52.4 Å². The molecule has 0 aliphatic carbocycles. The Hall–Kier alpha value is -7.11. The minimum atomic E-state index is -0.304. The lowest BCUT2D eigenvalue weighted by molar-refractivity contribution is 0.446.